The summed E-state index contributed by atoms with van der Waals surface area (Å²) in [6.07, 6.45) is 55.7. The van der Waals surface area contributed by atoms with Gasteiger partial charge < -0.3 is 33.8 Å². The summed E-state index contributed by atoms with van der Waals surface area (Å²) in [6, 6.07) is 0. The van der Waals surface area contributed by atoms with Gasteiger partial charge in [0.15, 0.2) is 12.2 Å². The fraction of sp³-hybridized carbons (Fsp3) is 0.950. The number of phosphoric acid groups is 2. The van der Waals surface area contributed by atoms with E-state index in [0.717, 1.165) is 114 Å². The highest BCUT2D eigenvalue weighted by atomic mass is 31.2. The highest BCUT2D eigenvalue weighted by Crippen LogP contribution is 2.45. The number of ether oxygens (including phenoxy) is 4. The molecule has 17 nitrogen and oxygen atoms in total. The van der Waals surface area contributed by atoms with Crippen LogP contribution in [0.25, 0.3) is 0 Å². The zero-order valence-electron chi connectivity index (χ0n) is 65.1. The number of rotatable bonds is 77. The van der Waals surface area contributed by atoms with Crippen molar-refractivity contribution in [1.82, 2.24) is 0 Å². The maximum atomic E-state index is 13.1. The van der Waals surface area contributed by atoms with Gasteiger partial charge in [-0.15, -0.1) is 0 Å². The summed E-state index contributed by atoms with van der Waals surface area (Å²) in [4.78, 5) is 72.9. The molecule has 0 spiro atoms. The molecule has 0 rings (SSSR count). The smallest absolute Gasteiger partial charge is 0.462 e. The van der Waals surface area contributed by atoms with Gasteiger partial charge in [0.05, 0.1) is 26.4 Å². The number of aliphatic hydroxyl groups is 1. The predicted octanol–water partition coefficient (Wildman–Crippen LogP) is 23.6. The van der Waals surface area contributed by atoms with Gasteiger partial charge in [-0.2, -0.15) is 0 Å². The zero-order chi connectivity index (χ0) is 73.1. The first-order valence-electron chi connectivity index (χ1n) is 41.2. The van der Waals surface area contributed by atoms with Gasteiger partial charge in [-0.05, 0) is 49.4 Å². The summed E-state index contributed by atoms with van der Waals surface area (Å²) in [5, 5.41) is 10.6. The number of hydrogen-bond acceptors (Lipinski definition) is 15. The second kappa shape index (κ2) is 69.1. The van der Waals surface area contributed by atoms with Crippen LogP contribution in [0.5, 0.6) is 0 Å². The van der Waals surface area contributed by atoms with Gasteiger partial charge in [-0.1, -0.05) is 357 Å². The monoisotopic (exact) mass is 1450 g/mol. The zero-order valence-corrected chi connectivity index (χ0v) is 66.9. The second-order valence-electron chi connectivity index (χ2n) is 30.7. The molecule has 19 heteroatoms. The van der Waals surface area contributed by atoms with Gasteiger partial charge in [0.2, 0.25) is 0 Å². The molecule has 0 aliphatic heterocycles. The lowest BCUT2D eigenvalue weighted by atomic mass is 10.0. The van der Waals surface area contributed by atoms with Crippen LogP contribution in [-0.4, -0.2) is 96.7 Å². The SMILES string of the molecule is CC(C)CCCCCCCCCCCCCCCCCCCCC(=O)OC[C@H](COP(=O)(O)OC[C@@H](O)COP(=O)(O)OC[C@@H](COC(=O)CCCCCCCCC(C)C)OC(=O)CCCCCCCCCCCCCCC(C)C)OC(=O)CCCCCCCCCCCCCC(C)C. The van der Waals surface area contributed by atoms with Crippen molar-refractivity contribution in [3.63, 3.8) is 0 Å². The third kappa shape index (κ3) is 74.1. The maximum absolute atomic E-state index is 13.1. The van der Waals surface area contributed by atoms with Gasteiger partial charge in [0, 0.05) is 25.7 Å². The van der Waals surface area contributed by atoms with E-state index in [1.54, 1.807) is 0 Å². The van der Waals surface area contributed by atoms with Gasteiger partial charge in [-0.25, -0.2) is 9.13 Å². The molecular formula is C80H156O17P2. The van der Waals surface area contributed by atoms with Crippen molar-refractivity contribution in [2.45, 2.75) is 427 Å². The summed E-state index contributed by atoms with van der Waals surface area (Å²) in [6.45, 7) is 14.2. The van der Waals surface area contributed by atoms with Gasteiger partial charge in [0.1, 0.15) is 19.3 Å². The van der Waals surface area contributed by atoms with E-state index in [0.29, 0.717) is 31.6 Å². The molecule has 0 fully saturated rings. The van der Waals surface area contributed by atoms with Crippen LogP contribution in [0.4, 0.5) is 0 Å². The molecule has 0 saturated heterocycles. The lowest BCUT2D eigenvalue weighted by molar-refractivity contribution is -0.161. The van der Waals surface area contributed by atoms with Crippen molar-refractivity contribution < 1.29 is 80.2 Å². The average Bonchev–Trinajstić information content (AvgIpc) is 1.17. The Bertz CT molecular complexity index is 1940. The van der Waals surface area contributed by atoms with E-state index in [4.69, 9.17) is 37.0 Å². The van der Waals surface area contributed by atoms with Crippen molar-refractivity contribution in [2.24, 2.45) is 23.7 Å². The Kier molecular flexibility index (Phi) is 67.8. The van der Waals surface area contributed by atoms with Gasteiger partial charge in [0.25, 0.3) is 0 Å². The molecule has 2 unspecified atom stereocenters. The highest BCUT2D eigenvalue weighted by Gasteiger charge is 2.30. The average molecular weight is 1450 g/mol. The Morgan fingerprint density at radius 3 is 0.626 bits per heavy atom. The van der Waals surface area contributed by atoms with Crippen molar-refractivity contribution >= 4 is 39.5 Å². The molecule has 0 aliphatic carbocycles. The fourth-order valence-corrected chi connectivity index (χ4v) is 13.8. The minimum absolute atomic E-state index is 0.105. The molecule has 0 saturated carbocycles. The molecule has 0 aromatic rings. The highest BCUT2D eigenvalue weighted by molar-refractivity contribution is 7.47. The van der Waals surface area contributed by atoms with Crippen LogP contribution in [0.3, 0.4) is 0 Å². The van der Waals surface area contributed by atoms with E-state index < -0.39 is 97.5 Å². The molecule has 0 aromatic heterocycles. The summed E-state index contributed by atoms with van der Waals surface area (Å²) in [7, 11) is -9.92. The molecule has 99 heavy (non-hydrogen) atoms. The molecule has 5 atom stereocenters. The summed E-state index contributed by atoms with van der Waals surface area (Å²) >= 11 is 0. The standard InChI is InChI=1S/C80H156O17P2/c1-70(2)56-48-40-32-26-20-15-13-11-9-10-12-14-16-23-29-35-44-52-60-77(82)90-66-75(96-80(85)63-55-47-37-31-25-19-22-28-34-42-50-58-72(5)6)68-94-98(86,87)92-64-74(81)65-93-99(88,89)95-69-76(67-91-78(83)61-53-45-39-38-43-51-59-73(7)8)97-79(84)62-54-46-36-30-24-18-17-21-27-33-41-49-57-71(3)4/h70-76,81H,9-69H2,1-8H3,(H,86,87)(H,88,89)/t74-,75-,76-/m1/s1. The number of unbranched alkanes of at least 4 members (excludes halogenated alkanes) is 43. The summed E-state index contributed by atoms with van der Waals surface area (Å²) in [5.74, 6) is 0.927. The Labute approximate surface area is 607 Å². The van der Waals surface area contributed by atoms with Crippen molar-refractivity contribution in [1.29, 1.82) is 0 Å². The molecule has 0 bridgehead atoms. The lowest BCUT2D eigenvalue weighted by Gasteiger charge is -2.21. The van der Waals surface area contributed by atoms with Crippen LogP contribution in [-0.2, 0) is 65.4 Å². The molecule has 0 aliphatic rings. The Balaban J connectivity index is 5.19. The van der Waals surface area contributed by atoms with E-state index in [9.17, 15) is 43.2 Å². The number of aliphatic hydroxyl groups excluding tert-OH is 1. The molecule has 588 valence electrons. The van der Waals surface area contributed by atoms with Gasteiger partial charge in [-0.3, -0.25) is 37.3 Å². The summed E-state index contributed by atoms with van der Waals surface area (Å²) < 4.78 is 68.6. The van der Waals surface area contributed by atoms with E-state index in [-0.39, 0.29) is 25.7 Å². The molecule has 0 heterocycles. The van der Waals surface area contributed by atoms with E-state index in [1.807, 2.05) is 0 Å². The van der Waals surface area contributed by atoms with Crippen molar-refractivity contribution in [3.8, 4) is 0 Å². The molecule has 0 aromatic carbocycles. The first-order chi connectivity index (χ1) is 47.6. The second-order valence-corrected chi connectivity index (χ2v) is 33.6. The Morgan fingerprint density at radius 1 is 0.253 bits per heavy atom. The first kappa shape index (κ1) is 97.1. The molecule has 0 radical (unpaired) electrons. The van der Waals surface area contributed by atoms with Crippen LogP contribution >= 0.6 is 15.6 Å². The number of carbonyl (C=O) groups excluding carboxylic acids is 4. The Morgan fingerprint density at radius 2 is 0.424 bits per heavy atom. The van der Waals surface area contributed by atoms with Crippen LogP contribution in [0.15, 0.2) is 0 Å². The predicted molar refractivity (Wildman–Crippen MR) is 404 cm³/mol. The maximum Gasteiger partial charge on any atom is 0.472 e. The number of hydrogen-bond donors (Lipinski definition) is 3. The molecular weight excluding hydrogens is 1290 g/mol. The number of carbonyl (C=O) groups is 4. The third-order valence-electron chi connectivity index (χ3n) is 18.6. The molecule has 3 N–H and O–H groups in total. The Hall–Kier alpha value is -1.94. The van der Waals surface area contributed by atoms with Crippen molar-refractivity contribution in [3.05, 3.63) is 0 Å². The van der Waals surface area contributed by atoms with E-state index in [2.05, 4.69) is 55.4 Å². The largest absolute Gasteiger partial charge is 0.472 e. The third-order valence-corrected chi connectivity index (χ3v) is 20.5. The minimum Gasteiger partial charge on any atom is -0.462 e. The number of phosphoric ester groups is 2. The lowest BCUT2D eigenvalue weighted by Crippen LogP contribution is -2.30. The van der Waals surface area contributed by atoms with Crippen LogP contribution in [0.1, 0.15) is 409 Å². The van der Waals surface area contributed by atoms with Gasteiger partial charge >= 0.3 is 39.5 Å². The van der Waals surface area contributed by atoms with E-state index in [1.165, 1.54) is 205 Å². The van der Waals surface area contributed by atoms with Crippen LogP contribution in [0, 0.1) is 23.7 Å². The fourth-order valence-electron chi connectivity index (χ4n) is 12.3. The van der Waals surface area contributed by atoms with E-state index >= 15 is 0 Å². The quantitative estimate of drug-likeness (QED) is 0.0222. The normalized spacial score (nSPS) is 14.1. The molecule has 0 amide bonds. The first-order valence-corrected chi connectivity index (χ1v) is 44.2. The van der Waals surface area contributed by atoms with Crippen LogP contribution < -0.4 is 0 Å². The van der Waals surface area contributed by atoms with Crippen LogP contribution in [0.2, 0.25) is 0 Å². The van der Waals surface area contributed by atoms with Crippen molar-refractivity contribution in [2.75, 3.05) is 39.6 Å². The topological polar surface area (TPSA) is 237 Å². The summed E-state index contributed by atoms with van der Waals surface area (Å²) in [5.41, 5.74) is 0. The number of esters is 4. The minimum atomic E-state index is -4.96.